The summed E-state index contributed by atoms with van der Waals surface area (Å²) < 4.78 is 29.3. The van der Waals surface area contributed by atoms with Crippen molar-refractivity contribution in [1.82, 2.24) is 13.4 Å². The van der Waals surface area contributed by atoms with Gasteiger partial charge in [-0.15, -0.1) is 11.3 Å². The van der Waals surface area contributed by atoms with Crippen LogP contribution in [0.2, 0.25) is 4.34 Å². The van der Waals surface area contributed by atoms with Crippen molar-refractivity contribution in [3.8, 4) is 0 Å². The maximum atomic E-state index is 12.7. The normalized spacial score (nSPS) is 12.2. The molecule has 3 aromatic rings. The Labute approximate surface area is 165 Å². The van der Waals surface area contributed by atoms with Crippen LogP contribution in [0.4, 0.5) is 0 Å². The minimum atomic E-state index is -3.68. The largest absolute Gasteiger partial charge is 0.317 e. The Morgan fingerprint density at radius 3 is 2.26 bits per heavy atom. The van der Waals surface area contributed by atoms with Crippen LogP contribution in [-0.2, 0) is 23.1 Å². The van der Waals surface area contributed by atoms with Crippen molar-refractivity contribution in [2.75, 3.05) is 14.1 Å². The molecular weight excluding hydrogens is 410 g/mol. The first-order valence-electron chi connectivity index (χ1n) is 8.11. The SMILES string of the molecule is CCn1c(=O)c(=O)n(Cc2ccc(Cl)s2)c2cc(S(=O)(=O)N(C)C)ccc21. The summed E-state index contributed by atoms with van der Waals surface area (Å²) in [4.78, 5) is 26.1. The lowest BCUT2D eigenvalue weighted by molar-refractivity contribution is 0.521. The molecule has 0 amide bonds. The van der Waals surface area contributed by atoms with Crippen LogP contribution < -0.4 is 11.1 Å². The lowest BCUT2D eigenvalue weighted by Gasteiger charge is -2.16. The highest BCUT2D eigenvalue weighted by Crippen LogP contribution is 2.24. The summed E-state index contributed by atoms with van der Waals surface area (Å²) in [5.41, 5.74) is -0.458. The predicted molar refractivity (Wildman–Crippen MR) is 107 cm³/mol. The van der Waals surface area contributed by atoms with Gasteiger partial charge in [-0.25, -0.2) is 12.7 Å². The standard InChI is InChI=1S/C17H18ClN3O4S2/c1-4-20-13-7-6-12(27(24,25)19(2)3)9-14(13)21(17(23)16(20)22)10-11-5-8-15(18)26-11/h5-9H,4,10H2,1-3H3. The van der Waals surface area contributed by atoms with Crippen LogP contribution in [0.15, 0.2) is 44.8 Å². The Kier molecular flexibility index (Phi) is 5.31. The van der Waals surface area contributed by atoms with E-state index >= 15 is 0 Å². The number of hydrogen-bond donors (Lipinski definition) is 0. The predicted octanol–water partition coefficient (Wildman–Crippen LogP) is 2.20. The van der Waals surface area contributed by atoms with Gasteiger partial charge >= 0.3 is 11.1 Å². The van der Waals surface area contributed by atoms with Gasteiger partial charge in [-0.05, 0) is 37.3 Å². The number of hydrogen-bond acceptors (Lipinski definition) is 5. The van der Waals surface area contributed by atoms with E-state index in [0.717, 1.165) is 9.18 Å². The molecule has 144 valence electrons. The Morgan fingerprint density at radius 1 is 1.04 bits per heavy atom. The Balaban J connectivity index is 2.36. The molecule has 0 aliphatic rings. The van der Waals surface area contributed by atoms with Crippen LogP contribution in [0.25, 0.3) is 11.0 Å². The van der Waals surface area contributed by atoms with E-state index in [0.29, 0.717) is 21.9 Å². The van der Waals surface area contributed by atoms with E-state index in [1.807, 2.05) is 0 Å². The third-order valence-electron chi connectivity index (χ3n) is 4.24. The molecule has 0 unspecified atom stereocenters. The highest BCUT2D eigenvalue weighted by molar-refractivity contribution is 7.89. The van der Waals surface area contributed by atoms with E-state index in [4.69, 9.17) is 11.6 Å². The number of aromatic nitrogens is 2. The molecule has 0 saturated heterocycles. The summed E-state index contributed by atoms with van der Waals surface area (Å²) >= 11 is 7.26. The van der Waals surface area contributed by atoms with Crippen molar-refractivity contribution in [3.05, 3.63) is 60.3 Å². The van der Waals surface area contributed by atoms with Gasteiger partial charge in [0.05, 0.1) is 26.8 Å². The van der Waals surface area contributed by atoms with Crippen LogP contribution in [0.3, 0.4) is 0 Å². The van der Waals surface area contributed by atoms with Gasteiger partial charge in [0.15, 0.2) is 0 Å². The smallest absolute Gasteiger partial charge is 0.302 e. The summed E-state index contributed by atoms with van der Waals surface area (Å²) in [6.45, 7) is 2.20. The van der Waals surface area contributed by atoms with Crippen LogP contribution in [0.5, 0.6) is 0 Å². The van der Waals surface area contributed by atoms with E-state index < -0.39 is 21.1 Å². The third-order valence-corrected chi connectivity index (χ3v) is 7.27. The van der Waals surface area contributed by atoms with Gasteiger partial charge in [-0.2, -0.15) is 0 Å². The molecule has 0 spiro atoms. The van der Waals surface area contributed by atoms with Crippen LogP contribution >= 0.6 is 22.9 Å². The molecule has 0 atom stereocenters. The van der Waals surface area contributed by atoms with E-state index in [1.165, 1.54) is 46.7 Å². The van der Waals surface area contributed by atoms with Crippen molar-refractivity contribution in [1.29, 1.82) is 0 Å². The molecule has 0 fully saturated rings. The maximum Gasteiger partial charge on any atom is 0.317 e. The van der Waals surface area contributed by atoms with E-state index in [-0.39, 0.29) is 11.4 Å². The Bertz CT molecular complexity index is 1240. The number of fused-ring (bicyclic) bond motifs is 1. The zero-order chi connectivity index (χ0) is 19.9. The summed E-state index contributed by atoms with van der Waals surface area (Å²) in [6, 6.07) is 7.93. The van der Waals surface area contributed by atoms with Gasteiger partial charge in [0, 0.05) is 25.5 Å². The summed E-state index contributed by atoms with van der Waals surface area (Å²) in [5, 5.41) is 0. The molecular formula is C17H18ClN3O4S2. The number of halogens is 1. The zero-order valence-corrected chi connectivity index (χ0v) is 17.4. The fourth-order valence-corrected chi connectivity index (χ4v) is 4.83. The van der Waals surface area contributed by atoms with Crippen LogP contribution in [0, 0.1) is 0 Å². The summed E-state index contributed by atoms with van der Waals surface area (Å²) in [6.07, 6.45) is 0. The van der Waals surface area contributed by atoms with Gasteiger partial charge in [0.25, 0.3) is 0 Å². The van der Waals surface area contributed by atoms with Crippen LogP contribution in [-0.4, -0.2) is 36.0 Å². The molecule has 0 N–H and O–H groups in total. The number of thiophene rings is 1. The number of sulfonamides is 1. The molecule has 0 aliphatic heterocycles. The zero-order valence-electron chi connectivity index (χ0n) is 15.0. The molecule has 0 bridgehead atoms. The molecule has 7 nitrogen and oxygen atoms in total. The molecule has 3 rings (SSSR count). The molecule has 10 heteroatoms. The number of benzene rings is 1. The minimum absolute atomic E-state index is 0.0543. The molecule has 0 saturated carbocycles. The average Bonchev–Trinajstić information content (AvgIpc) is 3.03. The maximum absolute atomic E-state index is 12.7. The third kappa shape index (κ3) is 3.47. The van der Waals surface area contributed by atoms with Gasteiger partial charge in [-0.3, -0.25) is 14.2 Å². The fourth-order valence-electron chi connectivity index (χ4n) is 2.83. The Morgan fingerprint density at radius 2 is 1.70 bits per heavy atom. The number of nitrogens with zero attached hydrogens (tertiary/aromatic N) is 3. The van der Waals surface area contributed by atoms with Gasteiger partial charge < -0.3 is 4.57 Å². The van der Waals surface area contributed by atoms with Crippen LogP contribution in [0.1, 0.15) is 11.8 Å². The van der Waals surface area contributed by atoms with E-state index in [1.54, 1.807) is 25.1 Å². The molecule has 27 heavy (non-hydrogen) atoms. The first-order chi connectivity index (χ1) is 12.7. The fraction of sp³-hybridized carbons (Fsp3) is 0.294. The quantitative estimate of drug-likeness (QED) is 0.584. The highest BCUT2D eigenvalue weighted by atomic mass is 35.5. The van der Waals surface area contributed by atoms with Crippen molar-refractivity contribution in [2.24, 2.45) is 0 Å². The molecule has 0 radical (unpaired) electrons. The monoisotopic (exact) mass is 427 g/mol. The first kappa shape index (κ1) is 19.8. The summed E-state index contributed by atoms with van der Waals surface area (Å²) in [7, 11) is -0.809. The van der Waals surface area contributed by atoms with Crippen molar-refractivity contribution in [2.45, 2.75) is 24.9 Å². The van der Waals surface area contributed by atoms with Crippen molar-refractivity contribution < 1.29 is 8.42 Å². The molecule has 0 aliphatic carbocycles. The van der Waals surface area contributed by atoms with Gasteiger partial charge in [0.1, 0.15) is 0 Å². The summed E-state index contributed by atoms with van der Waals surface area (Å²) in [5.74, 6) is 0. The molecule has 2 aromatic heterocycles. The number of aryl methyl sites for hydroxylation is 1. The highest BCUT2D eigenvalue weighted by Gasteiger charge is 2.20. The van der Waals surface area contributed by atoms with Crippen molar-refractivity contribution >= 4 is 44.0 Å². The van der Waals surface area contributed by atoms with Gasteiger partial charge in [-0.1, -0.05) is 11.6 Å². The lowest BCUT2D eigenvalue weighted by Crippen LogP contribution is -2.41. The van der Waals surface area contributed by atoms with E-state index in [9.17, 15) is 18.0 Å². The van der Waals surface area contributed by atoms with Crippen molar-refractivity contribution in [3.63, 3.8) is 0 Å². The Hall–Kier alpha value is -1.94. The molecule has 2 heterocycles. The molecule has 1 aromatic carbocycles. The topological polar surface area (TPSA) is 81.4 Å². The second-order valence-electron chi connectivity index (χ2n) is 6.08. The second-order valence-corrected chi connectivity index (χ2v) is 10.0. The van der Waals surface area contributed by atoms with Gasteiger partial charge in [0.2, 0.25) is 10.0 Å². The second kappa shape index (κ2) is 7.23. The lowest BCUT2D eigenvalue weighted by atomic mass is 10.2. The van der Waals surface area contributed by atoms with E-state index in [2.05, 4.69) is 0 Å². The first-order valence-corrected chi connectivity index (χ1v) is 10.7. The minimum Gasteiger partial charge on any atom is -0.302 e. The average molecular weight is 428 g/mol. The number of rotatable bonds is 5.